The predicted molar refractivity (Wildman–Crippen MR) is 179 cm³/mol. The molecule has 5 atom stereocenters. The Morgan fingerprint density at radius 3 is 2.33 bits per heavy atom. The topological polar surface area (TPSA) is 256 Å². The number of carbonyl (C=O) groups is 5. The van der Waals surface area contributed by atoms with E-state index in [4.69, 9.17) is 19.0 Å². The Hall–Kier alpha value is -5.50. The van der Waals surface area contributed by atoms with Crippen LogP contribution in [0.15, 0.2) is 24.3 Å². The minimum absolute atomic E-state index is 0.127. The van der Waals surface area contributed by atoms with Gasteiger partial charge < -0.3 is 49.7 Å². The minimum Gasteiger partial charge on any atom is -0.506 e. The summed E-state index contributed by atoms with van der Waals surface area (Å²) in [7, 11) is 1.18. The molecular weight excluding hydrogens is 743 g/mol. The third kappa shape index (κ3) is 7.86. The highest BCUT2D eigenvalue weighted by molar-refractivity contribution is 6.33. The number of carbonyl (C=O) groups excluding carboxylic acids is 4. The third-order valence-corrected chi connectivity index (χ3v) is 9.23. The second-order valence-electron chi connectivity index (χ2n) is 12.9. The zero-order valence-corrected chi connectivity index (χ0v) is 29.1. The van der Waals surface area contributed by atoms with E-state index < -0.39 is 136 Å². The fraction of sp³-hybridized carbons (Fsp3) is 0.417. The van der Waals surface area contributed by atoms with E-state index in [-0.39, 0.29) is 36.1 Å². The molecule has 1 fully saturated rings. The molecule has 1 unspecified atom stereocenters. The van der Waals surface area contributed by atoms with E-state index in [0.29, 0.717) is 6.42 Å². The number of unbranched alkanes of at least 4 members (excludes halogenated alkanes) is 1. The van der Waals surface area contributed by atoms with Crippen LogP contribution in [0.5, 0.6) is 23.0 Å². The number of phenolic OH excluding ortho intramolecular Hbond substituents is 2. The molecule has 2 aliphatic rings. The number of methoxy groups -OCH3 is 1. The second kappa shape index (κ2) is 16.1. The van der Waals surface area contributed by atoms with Gasteiger partial charge in [0.2, 0.25) is 11.9 Å². The highest BCUT2D eigenvalue weighted by atomic mass is 19.4. The van der Waals surface area contributed by atoms with Gasteiger partial charge in [-0.05, 0) is 31.4 Å². The average Bonchev–Trinajstić information content (AvgIpc) is 3.19. The summed E-state index contributed by atoms with van der Waals surface area (Å²) in [5.41, 5.74) is -2.49. The van der Waals surface area contributed by atoms with Crippen molar-refractivity contribution in [3.05, 3.63) is 57.6 Å². The number of carboxylic acid groups (broad SMARTS) is 1. The lowest BCUT2D eigenvalue weighted by Gasteiger charge is -2.29. The van der Waals surface area contributed by atoms with E-state index in [9.17, 15) is 67.8 Å². The second-order valence-corrected chi connectivity index (χ2v) is 12.9. The first-order valence-electron chi connectivity index (χ1n) is 16.9. The highest BCUT2D eigenvalue weighted by Gasteiger charge is 2.44. The van der Waals surface area contributed by atoms with Gasteiger partial charge in [-0.2, -0.15) is 18.7 Å². The van der Waals surface area contributed by atoms with Crippen molar-refractivity contribution < 1.29 is 86.8 Å². The number of alkyl halides is 3. The molecular formula is C36H36F3NO15. The van der Waals surface area contributed by atoms with E-state index in [1.807, 2.05) is 0 Å². The van der Waals surface area contributed by atoms with Crippen molar-refractivity contribution in [2.24, 2.45) is 0 Å². The van der Waals surface area contributed by atoms with Crippen LogP contribution in [0.4, 0.5) is 13.2 Å². The number of ether oxygens (including phenoxy) is 3. The van der Waals surface area contributed by atoms with E-state index in [1.54, 1.807) is 6.92 Å². The number of benzene rings is 3. The van der Waals surface area contributed by atoms with Gasteiger partial charge in [0.15, 0.2) is 11.5 Å². The molecule has 1 aliphatic heterocycles. The van der Waals surface area contributed by atoms with Gasteiger partial charge in [-0.15, -0.1) is 0 Å². The number of fused-ring (bicyclic) bond motifs is 3. The molecule has 0 saturated carbocycles. The van der Waals surface area contributed by atoms with E-state index >= 15 is 0 Å². The number of amides is 1. The van der Waals surface area contributed by atoms with Crippen molar-refractivity contribution in [2.45, 2.75) is 82.1 Å². The molecule has 1 aliphatic carbocycles. The maximum atomic E-state index is 14.0. The lowest BCUT2D eigenvalue weighted by molar-refractivity contribution is -0.180. The van der Waals surface area contributed by atoms with Crippen LogP contribution in [-0.4, -0.2) is 98.3 Å². The van der Waals surface area contributed by atoms with Crippen molar-refractivity contribution >= 4 is 40.2 Å². The van der Waals surface area contributed by atoms with Gasteiger partial charge >= 0.3 is 24.0 Å². The lowest BCUT2D eigenvalue weighted by Crippen LogP contribution is -2.39. The summed E-state index contributed by atoms with van der Waals surface area (Å²) in [4.78, 5) is 71.0. The fourth-order valence-corrected chi connectivity index (χ4v) is 6.56. The van der Waals surface area contributed by atoms with Gasteiger partial charge in [0.05, 0.1) is 60.2 Å². The van der Waals surface area contributed by atoms with Crippen LogP contribution in [-0.2, 0) is 23.9 Å². The number of hydrogen-bond donors (Lipinski definition) is 7. The molecule has 1 saturated heterocycles. The number of aliphatic carboxylic acids is 1. The van der Waals surface area contributed by atoms with Crippen LogP contribution < -0.4 is 15.1 Å². The SMILES string of the molecule is CCCCC(=O)OC(C(=O)O)c1cc2c(O)c3c(c(O)c2c(ONC(=O)C(F)(F)F)c1[C@@H]1CC[C@H](O)[C@H](O)C[C@@H](O)CO1)C(=O)c1c(OC)cccc1C3=O. The first kappa shape index (κ1) is 40.7. The number of hydroxylamine groups is 1. The number of phenols is 2. The number of aliphatic hydroxyl groups is 3. The molecule has 0 bridgehead atoms. The molecule has 1 heterocycles. The Bertz CT molecular complexity index is 2050. The van der Waals surface area contributed by atoms with E-state index in [1.165, 1.54) is 25.3 Å². The van der Waals surface area contributed by atoms with Crippen LogP contribution >= 0.6 is 0 Å². The van der Waals surface area contributed by atoms with Gasteiger partial charge in [-0.3, -0.25) is 19.2 Å². The maximum Gasteiger partial charge on any atom is 0.474 e. The molecule has 16 nitrogen and oxygen atoms in total. The van der Waals surface area contributed by atoms with Gasteiger partial charge in [-0.1, -0.05) is 25.5 Å². The third-order valence-electron chi connectivity index (χ3n) is 9.23. The summed E-state index contributed by atoms with van der Waals surface area (Å²) < 4.78 is 56.9. The maximum absolute atomic E-state index is 14.0. The van der Waals surface area contributed by atoms with E-state index in [0.717, 1.165) is 11.5 Å². The fourth-order valence-electron chi connectivity index (χ4n) is 6.56. The Morgan fingerprint density at radius 1 is 1.00 bits per heavy atom. The van der Waals surface area contributed by atoms with Crippen molar-refractivity contribution in [1.29, 1.82) is 0 Å². The number of ketones is 2. The molecule has 3 aromatic rings. The van der Waals surface area contributed by atoms with Crippen molar-refractivity contribution in [2.75, 3.05) is 13.7 Å². The monoisotopic (exact) mass is 779 g/mol. The Kier molecular flexibility index (Phi) is 11.9. The largest absolute Gasteiger partial charge is 0.506 e. The average molecular weight is 780 g/mol. The molecule has 55 heavy (non-hydrogen) atoms. The molecule has 1 amide bonds. The number of carboxylic acids is 1. The number of aliphatic hydroxyl groups excluding tert-OH is 3. The number of aromatic hydroxyl groups is 2. The van der Waals surface area contributed by atoms with Gasteiger partial charge in [-0.25, -0.2) is 4.79 Å². The number of rotatable bonds is 10. The summed E-state index contributed by atoms with van der Waals surface area (Å²) >= 11 is 0. The zero-order chi connectivity index (χ0) is 40.5. The molecule has 0 aromatic heterocycles. The minimum atomic E-state index is -5.59. The van der Waals surface area contributed by atoms with Gasteiger partial charge in [0.1, 0.15) is 17.2 Å². The Labute approximate surface area is 308 Å². The molecule has 0 spiro atoms. The molecule has 0 radical (unpaired) electrons. The Morgan fingerprint density at radius 2 is 1.69 bits per heavy atom. The zero-order valence-electron chi connectivity index (χ0n) is 29.1. The van der Waals surface area contributed by atoms with Crippen molar-refractivity contribution in [1.82, 2.24) is 5.48 Å². The predicted octanol–water partition coefficient (Wildman–Crippen LogP) is 3.19. The molecule has 296 valence electrons. The van der Waals surface area contributed by atoms with E-state index in [2.05, 4.69) is 0 Å². The number of hydrogen-bond acceptors (Lipinski definition) is 14. The number of halogens is 3. The summed E-state index contributed by atoms with van der Waals surface area (Å²) in [6.07, 6.45) is -14.9. The first-order chi connectivity index (χ1) is 25.9. The summed E-state index contributed by atoms with van der Waals surface area (Å²) in [5, 5.41) is 64.0. The summed E-state index contributed by atoms with van der Waals surface area (Å²) in [5.74, 6) is -11.3. The summed E-state index contributed by atoms with van der Waals surface area (Å²) in [6.45, 7) is 1.08. The van der Waals surface area contributed by atoms with Gasteiger partial charge in [0, 0.05) is 34.9 Å². The first-order valence-corrected chi connectivity index (χ1v) is 16.9. The Balaban J connectivity index is 1.91. The normalized spacial score (nSPS) is 20.7. The highest BCUT2D eigenvalue weighted by Crippen LogP contribution is 2.53. The van der Waals surface area contributed by atoms with Crippen LogP contribution in [0, 0.1) is 0 Å². The standard InChI is InChI=1S/C36H36F3NO15/c1-3-4-8-22(44)54-32(34(49)50)17-12-16-25(31(48)27-26(29(16)46)28(45)15-6-5-7-20(52-2)23(15)30(27)47)33(55-40-35(51)36(37,38)39)24(17)21-10-9-18(42)19(43)11-14(41)13-53-21/h5-7,12,14,18-19,21,32,41-43,46,48H,3-4,8-11,13H2,1-2H3,(H,40,51)(H,49,50)/t14-,18+,19-,21+,32?/m1/s1. The van der Waals surface area contributed by atoms with Crippen molar-refractivity contribution in [3.63, 3.8) is 0 Å². The molecule has 7 N–H and O–H groups in total. The van der Waals surface area contributed by atoms with Crippen LogP contribution in [0.25, 0.3) is 10.8 Å². The number of esters is 1. The molecule has 19 heteroatoms. The molecule has 5 rings (SSSR count). The van der Waals surface area contributed by atoms with Crippen molar-refractivity contribution in [3.8, 4) is 23.0 Å². The van der Waals surface area contributed by atoms with Crippen LogP contribution in [0.1, 0.15) is 101 Å². The molecule has 3 aromatic carbocycles. The van der Waals surface area contributed by atoms with Gasteiger partial charge in [0.25, 0.3) is 0 Å². The quantitative estimate of drug-likeness (QED) is 0.0693. The van der Waals surface area contributed by atoms with Crippen LogP contribution in [0.2, 0.25) is 0 Å². The number of nitrogens with one attached hydrogen (secondary N) is 1. The van der Waals surface area contributed by atoms with Crippen LogP contribution in [0.3, 0.4) is 0 Å². The lowest BCUT2D eigenvalue weighted by atomic mass is 9.79. The summed E-state index contributed by atoms with van der Waals surface area (Å²) in [6, 6.07) is 4.73. The smallest absolute Gasteiger partial charge is 0.474 e.